The van der Waals surface area contributed by atoms with Crippen molar-refractivity contribution in [3.8, 4) is 0 Å². The Hall–Kier alpha value is -0.650. The normalized spacial score (nSPS) is 11.6. The predicted octanol–water partition coefficient (Wildman–Crippen LogP) is 1.26. The van der Waals surface area contributed by atoms with Crippen molar-refractivity contribution < 1.29 is 8.42 Å². The second-order valence-corrected chi connectivity index (χ2v) is 5.07. The third-order valence-electron chi connectivity index (χ3n) is 1.82. The molecule has 0 bridgehead atoms. The van der Waals surface area contributed by atoms with Crippen LogP contribution in [0.15, 0.2) is 18.3 Å². The van der Waals surface area contributed by atoms with Gasteiger partial charge in [-0.25, -0.2) is 13.1 Å². The standard InChI is InChI=1S/C9H13ClN2O2S/c1-2-12-15(13,14)7-9-8(6-10)4-3-5-11-9/h3-5,12H,2,6-7H2,1H3. The fourth-order valence-corrected chi connectivity index (χ4v) is 2.58. The first-order chi connectivity index (χ1) is 7.09. The van der Waals surface area contributed by atoms with Crippen LogP contribution in [0.3, 0.4) is 0 Å². The molecule has 0 aliphatic heterocycles. The molecule has 0 radical (unpaired) electrons. The predicted molar refractivity (Wildman–Crippen MR) is 60.1 cm³/mol. The Morgan fingerprint density at radius 1 is 1.53 bits per heavy atom. The van der Waals surface area contributed by atoms with Crippen LogP contribution in [0.1, 0.15) is 18.2 Å². The number of pyridine rings is 1. The van der Waals surface area contributed by atoms with Crippen molar-refractivity contribution in [3.05, 3.63) is 29.6 Å². The lowest BCUT2D eigenvalue weighted by molar-refractivity contribution is 0.582. The van der Waals surface area contributed by atoms with Crippen molar-refractivity contribution in [1.29, 1.82) is 0 Å². The van der Waals surface area contributed by atoms with E-state index in [9.17, 15) is 8.42 Å². The van der Waals surface area contributed by atoms with Gasteiger partial charge in [0.1, 0.15) is 5.75 Å². The monoisotopic (exact) mass is 248 g/mol. The molecule has 15 heavy (non-hydrogen) atoms. The molecule has 1 N–H and O–H groups in total. The van der Waals surface area contributed by atoms with Gasteiger partial charge in [0, 0.05) is 18.6 Å². The summed E-state index contributed by atoms with van der Waals surface area (Å²) in [7, 11) is -3.29. The summed E-state index contributed by atoms with van der Waals surface area (Å²) in [6.07, 6.45) is 1.56. The molecule has 4 nitrogen and oxygen atoms in total. The number of aromatic nitrogens is 1. The van der Waals surface area contributed by atoms with E-state index in [4.69, 9.17) is 11.6 Å². The van der Waals surface area contributed by atoms with E-state index in [0.29, 0.717) is 12.2 Å². The highest BCUT2D eigenvalue weighted by Gasteiger charge is 2.13. The summed E-state index contributed by atoms with van der Waals surface area (Å²) in [5.74, 6) is 0.147. The molecule has 0 saturated carbocycles. The summed E-state index contributed by atoms with van der Waals surface area (Å²) in [4.78, 5) is 4.01. The zero-order chi connectivity index (χ0) is 11.3. The van der Waals surface area contributed by atoms with Crippen molar-refractivity contribution in [2.75, 3.05) is 6.54 Å². The third-order valence-corrected chi connectivity index (χ3v) is 3.49. The van der Waals surface area contributed by atoms with Gasteiger partial charge in [-0.3, -0.25) is 4.98 Å². The number of hydrogen-bond acceptors (Lipinski definition) is 3. The summed E-state index contributed by atoms with van der Waals surface area (Å²) in [5.41, 5.74) is 1.26. The van der Waals surface area contributed by atoms with Crippen LogP contribution in [-0.4, -0.2) is 19.9 Å². The Balaban J connectivity index is 2.89. The van der Waals surface area contributed by atoms with Gasteiger partial charge in [0.25, 0.3) is 0 Å². The molecule has 0 atom stereocenters. The molecule has 0 aromatic carbocycles. The topological polar surface area (TPSA) is 59.1 Å². The highest BCUT2D eigenvalue weighted by atomic mass is 35.5. The maximum absolute atomic E-state index is 11.5. The molecule has 84 valence electrons. The maximum Gasteiger partial charge on any atom is 0.217 e. The average molecular weight is 249 g/mol. The minimum Gasteiger partial charge on any atom is -0.260 e. The first-order valence-corrected chi connectivity index (χ1v) is 6.74. The minimum absolute atomic E-state index is 0.121. The molecule has 0 aliphatic carbocycles. The maximum atomic E-state index is 11.5. The molecule has 0 amide bonds. The quantitative estimate of drug-likeness (QED) is 0.799. The summed E-state index contributed by atoms with van der Waals surface area (Å²) in [6.45, 7) is 2.11. The summed E-state index contributed by atoms with van der Waals surface area (Å²) < 4.78 is 25.4. The number of rotatable bonds is 5. The van der Waals surface area contributed by atoms with Crippen LogP contribution in [0.2, 0.25) is 0 Å². The molecule has 0 unspecified atom stereocenters. The van der Waals surface area contributed by atoms with Crippen LogP contribution in [0.5, 0.6) is 0 Å². The van der Waals surface area contributed by atoms with Crippen molar-refractivity contribution in [3.63, 3.8) is 0 Å². The van der Waals surface area contributed by atoms with E-state index in [1.165, 1.54) is 0 Å². The molecule has 1 heterocycles. The van der Waals surface area contributed by atoms with E-state index in [1.54, 1.807) is 25.3 Å². The lowest BCUT2D eigenvalue weighted by Gasteiger charge is -2.06. The van der Waals surface area contributed by atoms with Gasteiger partial charge in [-0.05, 0) is 11.6 Å². The van der Waals surface area contributed by atoms with E-state index >= 15 is 0 Å². The van der Waals surface area contributed by atoms with Crippen molar-refractivity contribution in [1.82, 2.24) is 9.71 Å². The van der Waals surface area contributed by atoms with Gasteiger partial charge >= 0.3 is 0 Å². The molecule has 1 aromatic rings. The number of sulfonamides is 1. The second kappa shape index (κ2) is 5.44. The molecular weight excluding hydrogens is 236 g/mol. The highest BCUT2D eigenvalue weighted by molar-refractivity contribution is 7.88. The minimum atomic E-state index is -3.29. The van der Waals surface area contributed by atoms with Crippen LogP contribution in [0, 0.1) is 0 Å². The van der Waals surface area contributed by atoms with E-state index in [1.807, 2.05) is 0 Å². The Kier molecular flexibility index (Phi) is 4.50. The van der Waals surface area contributed by atoms with Crippen molar-refractivity contribution in [2.45, 2.75) is 18.6 Å². The second-order valence-electron chi connectivity index (χ2n) is 3.00. The Bertz CT molecular complexity index is 420. The van der Waals surface area contributed by atoms with E-state index < -0.39 is 10.0 Å². The average Bonchev–Trinajstić information content (AvgIpc) is 2.17. The number of hydrogen-bond donors (Lipinski definition) is 1. The van der Waals surface area contributed by atoms with Crippen LogP contribution in [0.4, 0.5) is 0 Å². The molecular formula is C9H13ClN2O2S. The number of halogens is 1. The van der Waals surface area contributed by atoms with Crippen molar-refractivity contribution >= 4 is 21.6 Å². The molecule has 0 aliphatic rings. The van der Waals surface area contributed by atoms with Gasteiger partial charge in [0.05, 0.1) is 5.69 Å². The van der Waals surface area contributed by atoms with Gasteiger partial charge in [0.2, 0.25) is 10.0 Å². The van der Waals surface area contributed by atoms with Gasteiger partial charge in [-0.15, -0.1) is 11.6 Å². The van der Waals surface area contributed by atoms with Gasteiger partial charge in [-0.1, -0.05) is 13.0 Å². The smallest absolute Gasteiger partial charge is 0.217 e. The van der Waals surface area contributed by atoms with E-state index in [0.717, 1.165) is 5.56 Å². The molecule has 0 saturated heterocycles. The van der Waals surface area contributed by atoms with Crippen LogP contribution in [-0.2, 0) is 21.7 Å². The molecule has 0 fully saturated rings. The van der Waals surface area contributed by atoms with E-state index in [-0.39, 0.29) is 11.6 Å². The van der Waals surface area contributed by atoms with Crippen LogP contribution < -0.4 is 4.72 Å². The summed E-state index contributed by atoms with van der Waals surface area (Å²) in [5, 5.41) is 0. The first-order valence-electron chi connectivity index (χ1n) is 4.55. The number of alkyl halides is 1. The zero-order valence-electron chi connectivity index (χ0n) is 8.40. The lowest BCUT2D eigenvalue weighted by atomic mass is 10.2. The SMILES string of the molecule is CCNS(=O)(=O)Cc1ncccc1CCl. The highest BCUT2D eigenvalue weighted by Crippen LogP contribution is 2.11. The zero-order valence-corrected chi connectivity index (χ0v) is 9.98. The fraction of sp³-hybridized carbons (Fsp3) is 0.444. The van der Waals surface area contributed by atoms with Crippen LogP contribution in [0.25, 0.3) is 0 Å². The van der Waals surface area contributed by atoms with E-state index in [2.05, 4.69) is 9.71 Å². The Morgan fingerprint density at radius 3 is 2.87 bits per heavy atom. The molecule has 1 aromatic heterocycles. The summed E-state index contributed by atoms with van der Waals surface area (Å²) >= 11 is 5.68. The third kappa shape index (κ3) is 3.77. The van der Waals surface area contributed by atoms with Gasteiger partial charge < -0.3 is 0 Å². The number of nitrogens with one attached hydrogen (secondary N) is 1. The number of nitrogens with zero attached hydrogens (tertiary/aromatic N) is 1. The van der Waals surface area contributed by atoms with Crippen molar-refractivity contribution in [2.24, 2.45) is 0 Å². The molecule has 1 rings (SSSR count). The Morgan fingerprint density at radius 2 is 2.27 bits per heavy atom. The Labute approximate surface area is 94.7 Å². The van der Waals surface area contributed by atoms with Crippen LogP contribution >= 0.6 is 11.6 Å². The van der Waals surface area contributed by atoms with Gasteiger partial charge in [0.15, 0.2) is 0 Å². The largest absolute Gasteiger partial charge is 0.260 e. The molecule has 0 spiro atoms. The molecule has 6 heteroatoms. The van der Waals surface area contributed by atoms with Gasteiger partial charge in [-0.2, -0.15) is 0 Å². The summed E-state index contributed by atoms with van der Waals surface area (Å²) in [6, 6.07) is 3.51. The lowest BCUT2D eigenvalue weighted by Crippen LogP contribution is -2.25. The first kappa shape index (κ1) is 12.4. The fourth-order valence-electron chi connectivity index (χ4n) is 1.17.